The molecule has 0 radical (unpaired) electrons. The number of sulfonamides is 1. The zero-order chi connectivity index (χ0) is 23.4. The predicted molar refractivity (Wildman–Crippen MR) is 127 cm³/mol. The van der Waals surface area contributed by atoms with Gasteiger partial charge in [-0.1, -0.05) is 37.5 Å². The summed E-state index contributed by atoms with van der Waals surface area (Å²) in [6.45, 7) is 1.05. The molecule has 2 aromatic carbocycles. The fourth-order valence-corrected chi connectivity index (χ4v) is 6.07. The third kappa shape index (κ3) is 5.28. The molecule has 1 saturated heterocycles. The zero-order valence-electron chi connectivity index (χ0n) is 19.0. The Morgan fingerprint density at radius 3 is 2.45 bits per heavy atom. The number of anilines is 1. The van der Waals surface area contributed by atoms with Crippen molar-refractivity contribution >= 4 is 27.5 Å². The van der Waals surface area contributed by atoms with E-state index in [1.54, 1.807) is 30.1 Å². The number of hydrogen-bond donors (Lipinski definition) is 1. The van der Waals surface area contributed by atoms with Gasteiger partial charge in [0.2, 0.25) is 15.9 Å². The fraction of sp³-hybridized carbons (Fsp3) is 0.440. The van der Waals surface area contributed by atoms with Gasteiger partial charge in [0.15, 0.2) is 0 Å². The van der Waals surface area contributed by atoms with Crippen LogP contribution in [0.15, 0.2) is 53.4 Å². The van der Waals surface area contributed by atoms with Gasteiger partial charge in [-0.25, -0.2) is 8.42 Å². The van der Waals surface area contributed by atoms with E-state index < -0.39 is 10.0 Å². The highest BCUT2D eigenvalue weighted by molar-refractivity contribution is 7.89. The number of carbonyl (C=O) groups is 2. The molecule has 1 aliphatic carbocycles. The second-order valence-electron chi connectivity index (χ2n) is 8.84. The zero-order valence-corrected chi connectivity index (χ0v) is 19.8. The molecule has 0 aromatic heterocycles. The fourth-order valence-electron chi connectivity index (χ4n) is 4.60. The smallest absolute Gasteiger partial charge is 0.251 e. The number of amides is 2. The van der Waals surface area contributed by atoms with Crippen LogP contribution >= 0.6 is 0 Å². The molecule has 1 saturated carbocycles. The first-order valence-electron chi connectivity index (χ1n) is 11.6. The maximum Gasteiger partial charge on any atom is 0.251 e. The molecule has 2 aliphatic rings. The van der Waals surface area contributed by atoms with Gasteiger partial charge in [-0.15, -0.1) is 0 Å². The standard InChI is InChI=1S/C25H31N3O4S/c1-27(21-8-3-2-4-9-21)33(31,32)23-10-5-7-20(17-23)25(30)26-18-19-12-14-22(15-13-19)28-16-6-11-24(28)29/h5,7,10,12-15,17,21H,2-4,6,8-9,11,16,18H2,1H3,(H,26,30). The van der Waals surface area contributed by atoms with Crippen molar-refractivity contribution in [2.45, 2.75) is 62.4 Å². The van der Waals surface area contributed by atoms with E-state index in [2.05, 4.69) is 5.32 Å². The van der Waals surface area contributed by atoms with E-state index in [0.717, 1.165) is 56.3 Å². The van der Waals surface area contributed by atoms with Crippen molar-refractivity contribution in [3.63, 3.8) is 0 Å². The molecule has 0 unspecified atom stereocenters. The molecule has 0 spiro atoms. The highest BCUT2D eigenvalue weighted by Gasteiger charge is 2.29. The number of carbonyl (C=O) groups excluding carboxylic acids is 2. The van der Waals surface area contributed by atoms with Gasteiger partial charge in [0.05, 0.1) is 4.90 Å². The third-order valence-corrected chi connectivity index (χ3v) is 8.54. The molecule has 2 aromatic rings. The average molecular weight is 470 g/mol. The summed E-state index contributed by atoms with van der Waals surface area (Å²) >= 11 is 0. The number of rotatable bonds is 7. The third-order valence-electron chi connectivity index (χ3n) is 6.64. The van der Waals surface area contributed by atoms with Crippen molar-refractivity contribution < 1.29 is 18.0 Å². The van der Waals surface area contributed by atoms with E-state index >= 15 is 0 Å². The Labute approximate surface area is 195 Å². The first-order chi connectivity index (χ1) is 15.9. The van der Waals surface area contributed by atoms with Crippen LogP contribution in [-0.4, -0.2) is 44.2 Å². The number of nitrogens with zero attached hydrogens (tertiary/aromatic N) is 2. The van der Waals surface area contributed by atoms with Crippen LogP contribution in [0.5, 0.6) is 0 Å². The van der Waals surface area contributed by atoms with E-state index in [4.69, 9.17) is 0 Å². The van der Waals surface area contributed by atoms with Gasteiger partial charge in [0.25, 0.3) is 5.91 Å². The van der Waals surface area contributed by atoms with E-state index in [0.29, 0.717) is 18.5 Å². The Bertz CT molecular complexity index is 1110. The van der Waals surface area contributed by atoms with Crippen LogP contribution in [-0.2, 0) is 21.4 Å². The van der Waals surface area contributed by atoms with E-state index in [1.807, 2.05) is 24.3 Å². The summed E-state index contributed by atoms with van der Waals surface area (Å²) in [6.07, 6.45) is 6.45. The van der Waals surface area contributed by atoms with Crippen molar-refractivity contribution in [1.82, 2.24) is 9.62 Å². The van der Waals surface area contributed by atoms with Gasteiger partial charge in [0.1, 0.15) is 0 Å². The Morgan fingerprint density at radius 1 is 1.06 bits per heavy atom. The molecular formula is C25H31N3O4S. The molecule has 8 heteroatoms. The maximum atomic E-state index is 13.1. The summed E-state index contributed by atoms with van der Waals surface area (Å²) in [5, 5.41) is 2.86. The quantitative estimate of drug-likeness (QED) is 0.670. The summed E-state index contributed by atoms with van der Waals surface area (Å²) in [6, 6.07) is 13.8. The van der Waals surface area contributed by atoms with Gasteiger partial charge in [-0.2, -0.15) is 4.31 Å². The van der Waals surface area contributed by atoms with Gasteiger partial charge in [-0.3, -0.25) is 9.59 Å². The molecule has 2 amide bonds. The van der Waals surface area contributed by atoms with E-state index in [9.17, 15) is 18.0 Å². The van der Waals surface area contributed by atoms with Crippen LogP contribution in [0.4, 0.5) is 5.69 Å². The Kier molecular flexibility index (Phi) is 7.14. The minimum absolute atomic E-state index is 0.0139. The molecular weight excluding hydrogens is 438 g/mol. The summed E-state index contributed by atoms with van der Waals surface area (Å²) in [5.74, 6) is -0.189. The molecule has 1 N–H and O–H groups in total. The van der Waals surface area contributed by atoms with Crippen LogP contribution < -0.4 is 10.2 Å². The highest BCUT2D eigenvalue weighted by Crippen LogP contribution is 2.27. The Balaban J connectivity index is 1.40. The SMILES string of the molecule is CN(C1CCCCC1)S(=O)(=O)c1cccc(C(=O)NCc2ccc(N3CCCC3=O)cc2)c1. The molecule has 33 heavy (non-hydrogen) atoms. The van der Waals surface area contributed by atoms with Gasteiger partial charge >= 0.3 is 0 Å². The van der Waals surface area contributed by atoms with Crippen LogP contribution in [0.3, 0.4) is 0 Å². The van der Waals surface area contributed by atoms with Crippen molar-refractivity contribution in [3.05, 3.63) is 59.7 Å². The van der Waals surface area contributed by atoms with Gasteiger partial charge in [-0.05, 0) is 55.2 Å². The van der Waals surface area contributed by atoms with Crippen molar-refractivity contribution in [3.8, 4) is 0 Å². The summed E-state index contributed by atoms with van der Waals surface area (Å²) in [7, 11) is -2.02. The van der Waals surface area contributed by atoms with Crippen LogP contribution in [0.1, 0.15) is 60.9 Å². The molecule has 4 rings (SSSR count). The van der Waals surface area contributed by atoms with Crippen molar-refractivity contribution in [2.24, 2.45) is 0 Å². The topological polar surface area (TPSA) is 86.8 Å². The lowest BCUT2D eigenvalue weighted by Crippen LogP contribution is -2.38. The van der Waals surface area contributed by atoms with E-state index in [-0.39, 0.29) is 22.8 Å². The predicted octanol–water partition coefficient (Wildman–Crippen LogP) is 3.70. The molecule has 0 atom stereocenters. The van der Waals surface area contributed by atoms with Gasteiger partial charge in [0, 0.05) is 43.9 Å². The largest absolute Gasteiger partial charge is 0.348 e. The minimum Gasteiger partial charge on any atom is -0.348 e. The second kappa shape index (κ2) is 10.1. The Hall–Kier alpha value is -2.71. The minimum atomic E-state index is -3.66. The first kappa shape index (κ1) is 23.4. The van der Waals surface area contributed by atoms with E-state index in [1.165, 1.54) is 10.4 Å². The average Bonchev–Trinajstić information content (AvgIpc) is 3.28. The van der Waals surface area contributed by atoms with Crippen LogP contribution in [0, 0.1) is 0 Å². The molecule has 0 bridgehead atoms. The number of benzene rings is 2. The molecule has 176 valence electrons. The Morgan fingerprint density at radius 2 is 1.79 bits per heavy atom. The summed E-state index contributed by atoms with van der Waals surface area (Å²) in [4.78, 5) is 26.5. The highest BCUT2D eigenvalue weighted by atomic mass is 32.2. The molecule has 7 nitrogen and oxygen atoms in total. The molecule has 1 aliphatic heterocycles. The second-order valence-corrected chi connectivity index (χ2v) is 10.8. The lowest BCUT2D eigenvalue weighted by atomic mass is 9.96. The summed E-state index contributed by atoms with van der Waals surface area (Å²) < 4.78 is 27.7. The van der Waals surface area contributed by atoms with Gasteiger partial charge < -0.3 is 10.2 Å². The van der Waals surface area contributed by atoms with Crippen LogP contribution in [0.2, 0.25) is 0 Å². The maximum absolute atomic E-state index is 13.1. The van der Waals surface area contributed by atoms with Crippen LogP contribution in [0.25, 0.3) is 0 Å². The molecule has 2 fully saturated rings. The number of hydrogen-bond acceptors (Lipinski definition) is 4. The lowest BCUT2D eigenvalue weighted by Gasteiger charge is -2.30. The first-order valence-corrected chi connectivity index (χ1v) is 13.1. The normalized spacial score (nSPS) is 17.5. The lowest BCUT2D eigenvalue weighted by molar-refractivity contribution is -0.117. The van der Waals surface area contributed by atoms with Crippen molar-refractivity contribution in [1.29, 1.82) is 0 Å². The summed E-state index contributed by atoms with van der Waals surface area (Å²) in [5.41, 5.74) is 2.08. The molecule has 1 heterocycles. The number of nitrogens with one attached hydrogen (secondary N) is 1. The van der Waals surface area contributed by atoms with Crippen molar-refractivity contribution in [2.75, 3.05) is 18.5 Å². The monoisotopic (exact) mass is 469 g/mol.